The summed E-state index contributed by atoms with van der Waals surface area (Å²) in [5.41, 5.74) is 1.08. The minimum Gasteiger partial charge on any atom is -0.476 e. The second-order valence-corrected chi connectivity index (χ2v) is 8.16. The summed E-state index contributed by atoms with van der Waals surface area (Å²) in [5, 5.41) is 9.53. The van der Waals surface area contributed by atoms with Crippen molar-refractivity contribution in [3.63, 3.8) is 0 Å². The highest BCUT2D eigenvalue weighted by molar-refractivity contribution is 7.89. The monoisotopic (exact) mass is 326 g/mol. The Morgan fingerprint density at radius 2 is 2.09 bits per heavy atom. The van der Waals surface area contributed by atoms with Crippen LogP contribution in [0.5, 0.6) is 5.88 Å². The SMILES string of the molecule is CC(C)c1cc2nccn2nc1OCC(C)(C)CS(N)(=O)=O. The fraction of sp³-hybridized carbons (Fsp3) is 0.571. The lowest BCUT2D eigenvalue weighted by Crippen LogP contribution is -2.34. The van der Waals surface area contributed by atoms with Gasteiger partial charge in [0.25, 0.3) is 0 Å². The molecule has 0 atom stereocenters. The van der Waals surface area contributed by atoms with E-state index < -0.39 is 15.4 Å². The molecule has 2 aromatic rings. The number of imidazole rings is 1. The summed E-state index contributed by atoms with van der Waals surface area (Å²) in [6.45, 7) is 7.87. The van der Waals surface area contributed by atoms with Gasteiger partial charge >= 0.3 is 0 Å². The predicted octanol–water partition coefficient (Wildman–Crippen LogP) is 1.55. The van der Waals surface area contributed by atoms with Crippen molar-refractivity contribution in [2.75, 3.05) is 12.4 Å². The molecule has 0 aliphatic carbocycles. The highest BCUT2D eigenvalue weighted by atomic mass is 32.2. The highest BCUT2D eigenvalue weighted by Crippen LogP contribution is 2.27. The fourth-order valence-electron chi connectivity index (χ4n) is 2.23. The molecule has 0 aliphatic heterocycles. The molecule has 7 nitrogen and oxygen atoms in total. The van der Waals surface area contributed by atoms with E-state index in [1.165, 1.54) is 0 Å². The molecule has 2 N–H and O–H groups in total. The number of rotatable bonds is 6. The van der Waals surface area contributed by atoms with Crippen LogP contribution in [-0.2, 0) is 10.0 Å². The van der Waals surface area contributed by atoms with Crippen LogP contribution in [0.3, 0.4) is 0 Å². The van der Waals surface area contributed by atoms with Crippen molar-refractivity contribution in [3.8, 4) is 5.88 Å². The van der Waals surface area contributed by atoms with Crippen LogP contribution in [0.2, 0.25) is 0 Å². The van der Waals surface area contributed by atoms with Crippen molar-refractivity contribution >= 4 is 15.7 Å². The summed E-state index contributed by atoms with van der Waals surface area (Å²) in [5.74, 6) is 0.554. The summed E-state index contributed by atoms with van der Waals surface area (Å²) >= 11 is 0. The summed E-state index contributed by atoms with van der Waals surface area (Å²) in [4.78, 5) is 4.21. The maximum Gasteiger partial charge on any atom is 0.235 e. The molecule has 8 heteroatoms. The predicted molar refractivity (Wildman–Crippen MR) is 84.3 cm³/mol. The number of hydrogen-bond donors (Lipinski definition) is 1. The van der Waals surface area contributed by atoms with Crippen LogP contribution in [0.15, 0.2) is 18.5 Å². The first-order valence-corrected chi connectivity index (χ1v) is 8.76. The van der Waals surface area contributed by atoms with E-state index in [1.807, 2.05) is 19.9 Å². The summed E-state index contributed by atoms with van der Waals surface area (Å²) in [6.07, 6.45) is 3.41. The third-order valence-corrected chi connectivity index (χ3v) is 4.38. The number of hydrogen-bond acceptors (Lipinski definition) is 5. The molecule has 22 heavy (non-hydrogen) atoms. The Hall–Kier alpha value is -1.67. The van der Waals surface area contributed by atoms with E-state index in [1.54, 1.807) is 30.8 Å². The molecule has 0 spiro atoms. The van der Waals surface area contributed by atoms with E-state index in [4.69, 9.17) is 9.88 Å². The number of primary sulfonamides is 1. The fourth-order valence-corrected chi connectivity index (χ4v) is 3.40. The Morgan fingerprint density at radius 1 is 1.41 bits per heavy atom. The first-order chi connectivity index (χ1) is 10.1. The van der Waals surface area contributed by atoms with Gasteiger partial charge in [-0.15, -0.1) is 5.10 Å². The topological polar surface area (TPSA) is 99.6 Å². The molecular weight excluding hydrogens is 304 g/mol. The zero-order chi connectivity index (χ0) is 16.5. The third-order valence-electron chi connectivity index (χ3n) is 3.19. The van der Waals surface area contributed by atoms with Crippen LogP contribution in [-0.4, -0.2) is 35.4 Å². The van der Waals surface area contributed by atoms with E-state index in [0.29, 0.717) is 5.88 Å². The van der Waals surface area contributed by atoms with Crippen LogP contribution >= 0.6 is 0 Å². The van der Waals surface area contributed by atoms with Gasteiger partial charge in [0.2, 0.25) is 15.9 Å². The summed E-state index contributed by atoms with van der Waals surface area (Å²) in [7, 11) is -3.55. The molecular formula is C14H22N4O3S. The summed E-state index contributed by atoms with van der Waals surface area (Å²) < 4.78 is 30.0. The zero-order valence-electron chi connectivity index (χ0n) is 13.3. The zero-order valence-corrected chi connectivity index (χ0v) is 14.1. The van der Waals surface area contributed by atoms with Gasteiger partial charge in [-0.1, -0.05) is 27.7 Å². The van der Waals surface area contributed by atoms with Crippen LogP contribution in [0.4, 0.5) is 0 Å². The van der Waals surface area contributed by atoms with Crippen LogP contribution in [0.1, 0.15) is 39.2 Å². The Bertz CT molecular complexity index is 765. The molecule has 0 aromatic carbocycles. The molecule has 0 unspecified atom stereocenters. The lowest BCUT2D eigenvalue weighted by Gasteiger charge is -2.24. The van der Waals surface area contributed by atoms with Crippen molar-refractivity contribution < 1.29 is 13.2 Å². The Morgan fingerprint density at radius 3 is 2.68 bits per heavy atom. The van der Waals surface area contributed by atoms with Crippen LogP contribution in [0, 0.1) is 5.41 Å². The molecule has 2 aromatic heterocycles. The third kappa shape index (κ3) is 4.17. The van der Waals surface area contributed by atoms with Gasteiger partial charge in [-0.2, -0.15) is 0 Å². The van der Waals surface area contributed by atoms with Crippen molar-refractivity contribution in [1.82, 2.24) is 14.6 Å². The number of nitrogens with two attached hydrogens (primary N) is 1. The van der Waals surface area contributed by atoms with Gasteiger partial charge in [0.05, 0.1) is 12.4 Å². The lowest BCUT2D eigenvalue weighted by atomic mass is 9.98. The molecule has 0 amide bonds. The van der Waals surface area contributed by atoms with Crippen molar-refractivity contribution in [3.05, 3.63) is 24.0 Å². The van der Waals surface area contributed by atoms with Gasteiger partial charge in [-0.05, 0) is 12.0 Å². The first kappa shape index (κ1) is 16.7. The smallest absolute Gasteiger partial charge is 0.235 e. The van der Waals surface area contributed by atoms with E-state index in [9.17, 15) is 8.42 Å². The van der Waals surface area contributed by atoms with Crippen molar-refractivity contribution in [1.29, 1.82) is 0 Å². The molecule has 2 heterocycles. The van der Waals surface area contributed by atoms with Crippen LogP contribution in [0.25, 0.3) is 5.65 Å². The van der Waals surface area contributed by atoms with Gasteiger partial charge in [0.1, 0.15) is 0 Å². The van der Waals surface area contributed by atoms with Crippen molar-refractivity contribution in [2.45, 2.75) is 33.6 Å². The molecule has 0 aliphatic rings. The number of fused-ring (bicyclic) bond motifs is 1. The van der Waals surface area contributed by atoms with E-state index in [-0.39, 0.29) is 18.3 Å². The Kier molecular flexibility index (Phi) is 4.44. The van der Waals surface area contributed by atoms with Gasteiger partial charge < -0.3 is 4.74 Å². The number of sulfonamides is 1. The Labute approximate surface area is 130 Å². The van der Waals surface area contributed by atoms with Gasteiger partial charge in [-0.3, -0.25) is 0 Å². The number of nitrogens with zero attached hydrogens (tertiary/aromatic N) is 3. The summed E-state index contributed by atoms with van der Waals surface area (Å²) in [6, 6.07) is 1.93. The normalized spacial score (nSPS) is 13.0. The molecule has 0 saturated carbocycles. The number of ether oxygens (including phenoxy) is 1. The second kappa shape index (κ2) is 5.85. The maximum absolute atomic E-state index is 11.3. The molecule has 0 saturated heterocycles. The van der Waals surface area contributed by atoms with Crippen molar-refractivity contribution in [2.24, 2.45) is 10.6 Å². The minimum atomic E-state index is -3.55. The first-order valence-electron chi connectivity index (χ1n) is 7.05. The quantitative estimate of drug-likeness (QED) is 0.868. The van der Waals surface area contributed by atoms with E-state index in [2.05, 4.69) is 10.1 Å². The lowest BCUT2D eigenvalue weighted by molar-refractivity contribution is 0.189. The van der Waals surface area contributed by atoms with Gasteiger partial charge in [-0.25, -0.2) is 23.1 Å². The molecule has 0 bridgehead atoms. The molecule has 0 fully saturated rings. The van der Waals surface area contributed by atoms with E-state index >= 15 is 0 Å². The van der Waals surface area contributed by atoms with Gasteiger partial charge in [0.15, 0.2) is 5.65 Å². The largest absolute Gasteiger partial charge is 0.476 e. The standard InChI is InChI=1S/C14H22N4O3S/c1-10(2)11-7-12-16-5-6-18(12)17-13(11)21-8-14(3,4)9-22(15,19)20/h5-7,10H,8-9H2,1-4H3,(H2,15,19,20). The molecule has 2 rings (SSSR count). The molecule has 122 valence electrons. The van der Waals surface area contributed by atoms with Crippen LogP contribution < -0.4 is 9.88 Å². The number of aromatic nitrogens is 3. The maximum atomic E-state index is 11.3. The van der Waals surface area contributed by atoms with Gasteiger partial charge in [0, 0.05) is 23.4 Å². The second-order valence-electron chi connectivity index (χ2n) is 6.55. The highest BCUT2D eigenvalue weighted by Gasteiger charge is 2.26. The Balaban J connectivity index is 2.25. The average molecular weight is 326 g/mol. The average Bonchev–Trinajstić information content (AvgIpc) is 2.79. The van der Waals surface area contributed by atoms with E-state index in [0.717, 1.165) is 11.2 Å². The minimum absolute atomic E-state index is 0.148. The molecule has 0 radical (unpaired) electrons.